The van der Waals surface area contributed by atoms with Crippen LogP contribution in [0.3, 0.4) is 0 Å². The smallest absolute Gasteiger partial charge is 0.269 e. The summed E-state index contributed by atoms with van der Waals surface area (Å²) < 4.78 is 4.81. The average molecular weight is 622 g/mol. The predicted octanol–water partition coefficient (Wildman–Crippen LogP) is 7.66. The zero-order valence-electron chi connectivity index (χ0n) is 21.4. The van der Waals surface area contributed by atoms with Crippen molar-refractivity contribution in [2.75, 3.05) is 0 Å². The maximum atomic E-state index is 11.2. The summed E-state index contributed by atoms with van der Waals surface area (Å²) in [6, 6.07) is 34.2. The Balaban J connectivity index is 1.43. The van der Waals surface area contributed by atoms with Gasteiger partial charge in [0.15, 0.2) is 0 Å². The molecule has 0 fully saturated rings. The Bertz CT molecular complexity index is 1910. The molecule has 0 bridgehead atoms. The van der Waals surface area contributed by atoms with Gasteiger partial charge >= 0.3 is 0 Å². The first-order valence-corrected chi connectivity index (χ1v) is 14.2. The Hall–Kier alpha value is -4.93. The second kappa shape index (κ2) is 11.7. The molecule has 0 amide bonds. The molecule has 0 atom stereocenters. The van der Waals surface area contributed by atoms with E-state index in [1.165, 1.54) is 23.5 Å². The van der Waals surface area contributed by atoms with Crippen LogP contribution >= 0.6 is 27.3 Å². The Kier molecular flexibility index (Phi) is 7.48. The molecular formula is C31H21BrN6O2S. The number of thiazole rings is 1. The third-order valence-corrected chi connectivity index (χ3v) is 7.66. The Morgan fingerprint density at radius 1 is 0.829 bits per heavy atom. The van der Waals surface area contributed by atoms with Crippen molar-refractivity contribution in [3.63, 3.8) is 0 Å². The first kappa shape index (κ1) is 26.3. The molecule has 6 rings (SSSR count). The summed E-state index contributed by atoms with van der Waals surface area (Å²) >= 11 is 4.94. The van der Waals surface area contributed by atoms with Crippen molar-refractivity contribution in [1.82, 2.24) is 14.3 Å². The van der Waals surface area contributed by atoms with Crippen LogP contribution in [-0.4, -0.2) is 25.5 Å². The van der Waals surface area contributed by atoms with Gasteiger partial charge in [0.25, 0.3) is 5.69 Å². The van der Waals surface area contributed by atoms with Gasteiger partial charge in [-0.1, -0.05) is 64.5 Å². The lowest BCUT2D eigenvalue weighted by Gasteiger charge is -2.08. The highest BCUT2D eigenvalue weighted by molar-refractivity contribution is 9.10. The topological polar surface area (TPSA) is 90.6 Å². The molecule has 0 aliphatic heterocycles. The molecule has 2 heterocycles. The van der Waals surface area contributed by atoms with E-state index >= 15 is 0 Å². The van der Waals surface area contributed by atoms with E-state index in [9.17, 15) is 10.1 Å². The summed E-state index contributed by atoms with van der Waals surface area (Å²) in [5.41, 5.74) is 6.15. The number of rotatable bonds is 7. The standard InChI is InChI=1S/C31H21BrN6O2S/c32-25-15-11-23(12-16-25)30-24(20-36(35-30)26-7-3-1-4-8-26)19-33-34-31-37(27-9-5-2-6-10-27)29(21-41-31)22-13-17-28(18-14-22)38(39)40/h1-21H/b33-19-,34-31-. The van der Waals surface area contributed by atoms with Gasteiger partial charge in [0.1, 0.15) is 5.69 Å². The third kappa shape index (κ3) is 5.69. The second-order valence-electron chi connectivity index (χ2n) is 8.94. The van der Waals surface area contributed by atoms with Crippen molar-refractivity contribution in [1.29, 1.82) is 0 Å². The quantitative estimate of drug-likeness (QED) is 0.104. The van der Waals surface area contributed by atoms with Crippen LogP contribution in [0.4, 0.5) is 5.69 Å². The number of para-hydroxylation sites is 2. The van der Waals surface area contributed by atoms with Gasteiger partial charge in [-0.15, -0.1) is 16.4 Å². The summed E-state index contributed by atoms with van der Waals surface area (Å²) in [5.74, 6) is 0. The third-order valence-electron chi connectivity index (χ3n) is 6.32. The zero-order valence-corrected chi connectivity index (χ0v) is 23.8. The van der Waals surface area contributed by atoms with E-state index in [2.05, 4.69) is 26.1 Å². The number of halogens is 1. The largest absolute Gasteiger partial charge is 0.284 e. The predicted molar refractivity (Wildman–Crippen MR) is 166 cm³/mol. The Labute approximate surface area is 247 Å². The number of non-ortho nitro benzene ring substituents is 1. The van der Waals surface area contributed by atoms with Crippen molar-refractivity contribution in [2.45, 2.75) is 0 Å². The van der Waals surface area contributed by atoms with E-state index in [4.69, 9.17) is 5.10 Å². The highest BCUT2D eigenvalue weighted by Gasteiger charge is 2.13. The van der Waals surface area contributed by atoms with Crippen LogP contribution in [0.15, 0.2) is 135 Å². The number of nitrogens with zero attached hydrogens (tertiary/aromatic N) is 6. The van der Waals surface area contributed by atoms with Crippen molar-refractivity contribution < 1.29 is 4.92 Å². The lowest BCUT2D eigenvalue weighted by atomic mass is 10.1. The first-order chi connectivity index (χ1) is 20.1. The molecular weight excluding hydrogens is 600 g/mol. The molecule has 6 aromatic rings. The maximum Gasteiger partial charge on any atom is 0.269 e. The first-order valence-electron chi connectivity index (χ1n) is 12.6. The normalized spacial score (nSPS) is 11.8. The Morgan fingerprint density at radius 2 is 1.46 bits per heavy atom. The van der Waals surface area contributed by atoms with E-state index < -0.39 is 4.92 Å². The lowest BCUT2D eigenvalue weighted by molar-refractivity contribution is -0.384. The number of hydrogen-bond acceptors (Lipinski definition) is 6. The van der Waals surface area contributed by atoms with Crippen LogP contribution in [0, 0.1) is 10.1 Å². The van der Waals surface area contributed by atoms with Crippen LogP contribution in [0.2, 0.25) is 0 Å². The lowest BCUT2D eigenvalue weighted by Crippen LogP contribution is -2.13. The summed E-state index contributed by atoms with van der Waals surface area (Å²) in [4.78, 5) is 11.4. The van der Waals surface area contributed by atoms with E-state index in [1.807, 2.05) is 106 Å². The van der Waals surface area contributed by atoms with Crippen molar-refractivity contribution in [3.8, 4) is 33.9 Å². The van der Waals surface area contributed by atoms with Crippen LogP contribution in [0.1, 0.15) is 5.56 Å². The molecule has 4 aromatic carbocycles. The van der Waals surface area contributed by atoms with Crippen molar-refractivity contribution in [2.24, 2.45) is 10.2 Å². The van der Waals surface area contributed by atoms with Gasteiger partial charge in [-0.3, -0.25) is 14.7 Å². The molecule has 8 nitrogen and oxygen atoms in total. The number of benzene rings is 4. The van der Waals surface area contributed by atoms with Gasteiger partial charge in [0, 0.05) is 45.0 Å². The summed E-state index contributed by atoms with van der Waals surface area (Å²) in [5, 5.41) is 27.1. The van der Waals surface area contributed by atoms with Gasteiger partial charge < -0.3 is 0 Å². The molecule has 0 N–H and O–H groups in total. The van der Waals surface area contributed by atoms with Gasteiger partial charge in [0.2, 0.25) is 4.80 Å². The number of hydrogen-bond donors (Lipinski definition) is 0. The van der Waals surface area contributed by atoms with E-state index in [1.54, 1.807) is 18.3 Å². The minimum absolute atomic E-state index is 0.0439. The van der Waals surface area contributed by atoms with E-state index in [0.717, 1.165) is 43.9 Å². The van der Waals surface area contributed by atoms with Crippen molar-refractivity contribution in [3.05, 3.63) is 146 Å². The van der Waals surface area contributed by atoms with Crippen LogP contribution in [0.5, 0.6) is 0 Å². The molecule has 0 aliphatic rings. The molecule has 0 saturated carbocycles. The van der Waals surface area contributed by atoms with E-state index in [-0.39, 0.29) is 5.69 Å². The maximum absolute atomic E-state index is 11.2. The SMILES string of the molecule is O=[N+]([O-])c1ccc(-c2cs/c(=N\N=C/c3cn(-c4ccccc4)nc3-c3ccc(Br)cc3)n2-c2ccccc2)cc1. The summed E-state index contributed by atoms with van der Waals surface area (Å²) in [6.45, 7) is 0. The van der Waals surface area contributed by atoms with Gasteiger partial charge in [-0.2, -0.15) is 10.2 Å². The highest BCUT2D eigenvalue weighted by atomic mass is 79.9. The molecule has 2 aromatic heterocycles. The fourth-order valence-corrected chi connectivity index (χ4v) is 5.46. The minimum Gasteiger partial charge on any atom is -0.284 e. The van der Waals surface area contributed by atoms with Crippen LogP contribution in [0.25, 0.3) is 33.9 Å². The van der Waals surface area contributed by atoms with Crippen LogP contribution in [-0.2, 0) is 0 Å². The fraction of sp³-hybridized carbons (Fsp3) is 0. The molecule has 0 aliphatic carbocycles. The summed E-state index contributed by atoms with van der Waals surface area (Å²) in [6.07, 6.45) is 3.65. The monoisotopic (exact) mass is 620 g/mol. The molecule has 0 saturated heterocycles. The van der Waals surface area contributed by atoms with Crippen molar-refractivity contribution >= 4 is 39.2 Å². The van der Waals surface area contributed by atoms with E-state index in [0.29, 0.717) is 4.80 Å². The molecule has 0 unspecified atom stereocenters. The average Bonchev–Trinajstić information content (AvgIpc) is 3.63. The molecule has 10 heteroatoms. The van der Waals surface area contributed by atoms with Crippen LogP contribution < -0.4 is 4.80 Å². The van der Waals surface area contributed by atoms with Gasteiger partial charge in [0.05, 0.1) is 22.5 Å². The Morgan fingerprint density at radius 3 is 2.12 bits per heavy atom. The minimum atomic E-state index is -0.402. The highest BCUT2D eigenvalue weighted by Crippen LogP contribution is 2.26. The summed E-state index contributed by atoms with van der Waals surface area (Å²) in [7, 11) is 0. The molecule has 41 heavy (non-hydrogen) atoms. The molecule has 0 spiro atoms. The van der Waals surface area contributed by atoms with Gasteiger partial charge in [-0.05, 0) is 54.1 Å². The number of aromatic nitrogens is 3. The number of nitro groups is 1. The van der Waals surface area contributed by atoms with Gasteiger partial charge in [-0.25, -0.2) is 4.68 Å². The molecule has 0 radical (unpaired) electrons. The fourth-order valence-electron chi connectivity index (χ4n) is 4.33. The molecule has 200 valence electrons. The second-order valence-corrected chi connectivity index (χ2v) is 10.7. The zero-order chi connectivity index (χ0) is 28.2. The number of nitro benzene ring substituents is 1.